The topological polar surface area (TPSA) is 30.8 Å². The normalized spacial score (nSPS) is 19.1. The molecule has 3 heteroatoms. The molecule has 1 aliphatic rings. The van der Waals surface area contributed by atoms with E-state index in [-0.39, 0.29) is 0 Å². The lowest BCUT2D eigenvalue weighted by molar-refractivity contribution is 0.287. The lowest BCUT2D eigenvalue weighted by Crippen LogP contribution is -2.13. The maximum Gasteiger partial charge on any atom is 0.188 e. The van der Waals surface area contributed by atoms with Crippen LogP contribution in [0.5, 0.6) is 5.75 Å². The minimum Gasteiger partial charge on any atom is -0.497 e. The highest BCUT2D eigenvalue weighted by Gasteiger charge is 2.21. The summed E-state index contributed by atoms with van der Waals surface area (Å²) in [6.45, 7) is 5.06. The van der Waals surface area contributed by atoms with E-state index in [1.165, 1.54) is 5.56 Å². The third-order valence-electron chi connectivity index (χ3n) is 2.99. The lowest BCUT2D eigenvalue weighted by Gasteiger charge is -2.06. The summed E-state index contributed by atoms with van der Waals surface area (Å²) in [5.74, 6) is 2.26. The molecule has 1 aromatic carbocycles. The van der Waals surface area contributed by atoms with Crippen molar-refractivity contribution in [3.63, 3.8) is 0 Å². The zero-order chi connectivity index (χ0) is 12.3. The Bertz CT molecular complexity index is 412. The number of rotatable bonds is 4. The maximum atomic E-state index is 5.61. The Morgan fingerprint density at radius 1 is 1.47 bits per heavy atom. The standard InChI is InChI=1S/C14H19NO2/c1-10(2)13-9-17-14(15-13)8-11-5-4-6-12(7-11)16-3/h4-7,10,13H,8-9H2,1-3H3/t13-/m0/s1. The molecule has 3 nitrogen and oxygen atoms in total. The van der Waals surface area contributed by atoms with Gasteiger partial charge in [0.1, 0.15) is 12.4 Å². The molecule has 0 fully saturated rings. The van der Waals surface area contributed by atoms with Gasteiger partial charge >= 0.3 is 0 Å². The highest BCUT2D eigenvalue weighted by molar-refractivity contribution is 5.80. The third kappa shape index (κ3) is 2.99. The molecule has 0 radical (unpaired) electrons. The zero-order valence-corrected chi connectivity index (χ0v) is 10.6. The Morgan fingerprint density at radius 3 is 2.94 bits per heavy atom. The minimum atomic E-state index is 0.315. The van der Waals surface area contributed by atoms with Crippen LogP contribution < -0.4 is 4.74 Å². The molecule has 0 N–H and O–H groups in total. The van der Waals surface area contributed by atoms with E-state index in [0.717, 1.165) is 24.7 Å². The van der Waals surface area contributed by atoms with Crippen molar-refractivity contribution in [1.82, 2.24) is 0 Å². The average Bonchev–Trinajstić information content (AvgIpc) is 2.78. The number of aliphatic imine (C=N–C) groups is 1. The third-order valence-corrected chi connectivity index (χ3v) is 2.99. The van der Waals surface area contributed by atoms with Crippen LogP contribution in [0.2, 0.25) is 0 Å². The van der Waals surface area contributed by atoms with Crippen LogP contribution in [0, 0.1) is 5.92 Å². The first-order chi connectivity index (χ1) is 8.19. The summed E-state index contributed by atoms with van der Waals surface area (Å²) < 4.78 is 10.8. The van der Waals surface area contributed by atoms with Crippen molar-refractivity contribution >= 4 is 5.90 Å². The highest BCUT2D eigenvalue weighted by Crippen LogP contribution is 2.18. The van der Waals surface area contributed by atoms with Gasteiger partial charge in [-0.1, -0.05) is 26.0 Å². The highest BCUT2D eigenvalue weighted by atomic mass is 16.5. The van der Waals surface area contributed by atoms with E-state index in [1.807, 2.05) is 18.2 Å². The van der Waals surface area contributed by atoms with E-state index in [4.69, 9.17) is 9.47 Å². The average molecular weight is 233 g/mol. The number of hydrogen-bond donors (Lipinski definition) is 0. The molecule has 1 atom stereocenters. The van der Waals surface area contributed by atoms with Crippen molar-refractivity contribution in [2.24, 2.45) is 10.9 Å². The Morgan fingerprint density at radius 2 is 2.29 bits per heavy atom. The van der Waals surface area contributed by atoms with Crippen LogP contribution in [0.25, 0.3) is 0 Å². The first kappa shape index (κ1) is 12.0. The minimum absolute atomic E-state index is 0.315. The Hall–Kier alpha value is -1.51. The molecule has 0 bridgehead atoms. The van der Waals surface area contributed by atoms with Crippen LogP contribution >= 0.6 is 0 Å². The van der Waals surface area contributed by atoms with E-state index in [2.05, 4.69) is 24.9 Å². The molecule has 1 aromatic rings. The second-order valence-electron chi connectivity index (χ2n) is 4.67. The first-order valence-electron chi connectivity index (χ1n) is 6.01. The second kappa shape index (κ2) is 5.21. The number of methoxy groups -OCH3 is 1. The molecule has 1 heterocycles. The van der Waals surface area contributed by atoms with E-state index in [9.17, 15) is 0 Å². The van der Waals surface area contributed by atoms with Crippen LogP contribution in [0.4, 0.5) is 0 Å². The van der Waals surface area contributed by atoms with Gasteiger partial charge in [0.25, 0.3) is 0 Å². The predicted molar refractivity (Wildman–Crippen MR) is 68.7 cm³/mol. The zero-order valence-electron chi connectivity index (χ0n) is 10.6. The van der Waals surface area contributed by atoms with Gasteiger partial charge in [-0.05, 0) is 23.6 Å². The molecule has 17 heavy (non-hydrogen) atoms. The molecule has 0 saturated heterocycles. The van der Waals surface area contributed by atoms with Crippen LogP contribution in [-0.2, 0) is 11.2 Å². The predicted octanol–water partition coefficient (Wildman–Crippen LogP) is 2.69. The van der Waals surface area contributed by atoms with Gasteiger partial charge in [-0.25, -0.2) is 4.99 Å². The molecular weight excluding hydrogens is 214 g/mol. The largest absolute Gasteiger partial charge is 0.497 e. The van der Waals surface area contributed by atoms with Gasteiger partial charge in [-0.15, -0.1) is 0 Å². The molecule has 0 aliphatic carbocycles. The quantitative estimate of drug-likeness (QED) is 0.800. The SMILES string of the molecule is COc1cccc(CC2=N[C@H](C(C)C)CO2)c1. The van der Waals surface area contributed by atoms with E-state index >= 15 is 0 Å². The van der Waals surface area contributed by atoms with E-state index in [0.29, 0.717) is 12.0 Å². The van der Waals surface area contributed by atoms with Gasteiger partial charge < -0.3 is 9.47 Å². The Kier molecular flexibility index (Phi) is 3.67. The van der Waals surface area contributed by atoms with Crippen molar-refractivity contribution < 1.29 is 9.47 Å². The molecule has 0 amide bonds. The summed E-state index contributed by atoms with van der Waals surface area (Å²) in [4.78, 5) is 4.59. The fourth-order valence-electron chi connectivity index (χ4n) is 1.84. The molecule has 1 aliphatic heterocycles. The van der Waals surface area contributed by atoms with Crippen molar-refractivity contribution in [3.8, 4) is 5.75 Å². The summed E-state index contributed by atoms with van der Waals surface area (Å²) in [7, 11) is 1.68. The van der Waals surface area contributed by atoms with Gasteiger partial charge in [0.2, 0.25) is 0 Å². The van der Waals surface area contributed by atoms with Crippen molar-refractivity contribution in [2.75, 3.05) is 13.7 Å². The molecule has 0 spiro atoms. The summed E-state index contributed by atoms with van der Waals surface area (Å²) in [6.07, 6.45) is 0.750. The van der Waals surface area contributed by atoms with Gasteiger partial charge in [-0.2, -0.15) is 0 Å². The van der Waals surface area contributed by atoms with Gasteiger partial charge in [0.15, 0.2) is 5.90 Å². The molecule has 0 saturated carbocycles. The van der Waals surface area contributed by atoms with Crippen LogP contribution in [0.3, 0.4) is 0 Å². The molecule has 0 aromatic heterocycles. The van der Waals surface area contributed by atoms with E-state index in [1.54, 1.807) is 7.11 Å². The molecule has 0 unspecified atom stereocenters. The lowest BCUT2D eigenvalue weighted by atomic mass is 10.1. The smallest absolute Gasteiger partial charge is 0.188 e. The molecule has 92 valence electrons. The Balaban J connectivity index is 2.04. The molecular formula is C14H19NO2. The van der Waals surface area contributed by atoms with Crippen molar-refractivity contribution in [2.45, 2.75) is 26.3 Å². The van der Waals surface area contributed by atoms with E-state index < -0.39 is 0 Å². The van der Waals surface area contributed by atoms with Crippen molar-refractivity contribution in [3.05, 3.63) is 29.8 Å². The second-order valence-corrected chi connectivity index (χ2v) is 4.67. The maximum absolute atomic E-state index is 5.61. The van der Waals surface area contributed by atoms with Crippen LogP contribution in [0.15, 0.2) is 29.3 Å². The fraction of sp³-hybridized carbons (Fsp3) is 0.500. The first-order valence-corrected chi connectivity index (χ1v) is 6.01. The summed E-state index contributed by atoms with van der Waals surface area (Å²) in [6, 6.07) is 8.34. The summed E-state index contributed by atoms with van der Waals surface area (Å²) in [5, 5.41) is 0. The van der Waals surface area contributed by atoms with Gasteiger partial charge in [0, 0.05) is 6.42 Å². The summed E-state index contributed by atoms with van der Waals surface area (Å²) in [5.41, 5.74) is 1.17. The fourth-order valence-corrected chi connectivity index (χ4v) is 1.84. The van der Waals surface area contributed by atoms with Crippen LogP contribution in [0.1, 0.15) is 19.4 Å². The number of benzene rings is 1. The van der Waals surface area contributed by atoms with Gasteiger partial charge in [-0.3, -0.25) is 0 Å². The van der Waals surface area contributed by atoms with Gasteiger partial charge in [0.05, 0.1) is 13.2 Å². The monoisotopic (exact) mass is 233 g/mol. The van der Waals surface area contributed by atoms with Crippen LogP contribution in [-0.4, -0.2) is 25.7 Å². The number of nitrogens with zero attached hydrogens (tertiary/aromatic N) is 1. The Labute approximate surface area is 102 Å². The molecule has 2 rings (SSSR count). The number of ether oxygens (including phenoxy) is 2. The number of hydrogen-bond acceptors (Lipinski definition) is 3. The summed E-state index contributed by atoms with van der Waals surface area (Å²) >= 11 is 0. The van der Waals surface area contributed by atoms with Crippen molar-refractivity contribution in [1.29, 1.82) is 0 Å².